The van der Waals surface area contributed by atoms with E-state index in [1.54, 1.807) is 0 Å². The molecule has 12 heavy (non-hydrogen) atoms. The molecule has 0 aliphatic heterocycles. The number of hydrogen-bond donors (Lipinski definition) is 0. The number of carbonyl (C=O) groups excluding carboxylic acids is 1. The molecule has 0 spiro atoms. The summed E-state index contributed by atoms with van der Waals surface area (Å²) in [5, 5.41) is 0.774. The van der Waals surface area contributed by atoms with E-state index in [-0.39, 0.29) is 5.91 Å². The summed E-state index contributed by atoms with van der Waals surface area (Å²) in [4.78, 5) is 13.2. The highest BCUT2D eigenvalue weighted by Gasteiger charge is 2.33. The van der Waals surface area contributed by atoms with E-state index in [9.17, 15) is 4.79 Å². The van der Waals surface area contributed by atoms with Gasteiger partial charge in [-0.2, -0.15) is 0 Å². The second-order valence-corrected chi connectivity index (χ2v) is 4.48. The van der Waals surface area contributed by atoms with Crippen LogP contribution in [0.5, 0.6) is 0 Å². The maximum Gasteiger partial charge on any atom is 0.223 e. The second-order valence-electron chi connectivity index (χ2n) is 3.69. The van der Waals surface area contributed by atoms with Crippen molar-refractivity contribution < 1.29 is 4.79 Å². The van der Waals surface area contributed by atoms with Gasteiger partial charge in [0.05, 0.1) is 0 Å². The highest BCUT2D eigenvalue weighted by molar-refractivity contribution is 9.09. The zero-order chi connectivity index (χ0) is 9.14. The van der Waals surface area contributed by atoms with Crippen LogP contribution in [0.2, 0.25) is 0 Å². The summed E-state index contributed by atoms with van der Waals surface area (Å²) in [6.07, 6.45) is 1.92. The molecular formula is C9H16BrNO. The van der Waals surface area contributed by atoms with Gasteiger partial charge in [-0.25, -0.2) is 0 Å². The number of amides is 1. The van der Waals surface area contributed by atoms with Crippen LogP contribution in [-0.2, 0) is 4.79 Å². The first-order chi connectivity index (χ1) is 5.65. The molecule has 1 aliphatic carbocycles. The Bertz CT molecular complexity index is 172. The second kappa shape index (κ2) is 4.26. The van der Waals surface area contributed by atoms with Gasteiger partial charge in [-0.3, -0.25) is 4.79 Å². The standard InChI is InChI=1S/C9H16BrNO/c1-7-5-8(7)6-11(2)9(12)3-4-10/h7-8H,3-6H2,1-2H3. The molecule has 3 heteroatoms. The smallest absolute Gasteiger partial charge is 0.223 e. The summed E-state index contributed by atoms with van der Waals surface area (Å²) in [6.45, 7) is 3.19. The van der Waals surface area contributed by atoms with Crippen molar-refractivity contribution in [1.29, 1.82) is 0 Å². The van der Waals surface area contributed by atoms with Crippen molar-refractivity contribution in [3.05, 3.63) is 0 Å². The van der Waals surface area contributed by atoms with Gasteiger partial charge in [0, 0.05) is 25.3 Å². The van der Waals surface area contributed by atoms with Gasteiger partial charge in [-0.1, -0.05) is 22.9 Å². The topological polar surface area (TPSA) is 20.3 Å². The Morgan fingerprint density at radius 1 is 1.67 bits per heavy atom. The molecule has 0 N–H and O–H groups in total. The van der Waals surface area contributed by atoms with Crippen LogP contribution in [0.25, 0.3) is 0 Å². The lowest BCUT2D eigenvalue weighted by Crippen LogP contribution is -2.29. The molecule has 0 heterocycles. The third kappa shape index (κ3) is 2.77. The molecule has 1 saturated carbocycles. The third-order valence-corrected chi connectivity index (χ3v) is 2.92. The summed E-state index contributed by atoms with van der Waals surface area (Å²) < 4.78 is 0. The van der Waals surface area contributed by atoms with Gasteiger partial charge in [0.1, 0.15) is 0 Å². The Morgan fingerprint density at radius 2 is 2.25 bits per heavy atom. The molecule has 0 aromatic rings. The van der Waals surface area contributed by atoms with Gasteiger partial charge in [-0.15, -0.1) is 0 Å². The van der Waals surface area contributed by atoms with E-state index < -0.39 is 0 Å². The van der Waals surface area contributed by atoms with E-state index in [2.05, 4.69) is 22.9 Å². The molecule has 0 bridgehead atoms. The van der Waals surface area contributed by atoms with Crippen molar-refractivity contribution in [1.82, 2.24) is 4.90 Å². The summed E-state index contributed by atoms with van der Waals surface area (Å²) in [5.41, 5.74) is 0. The minimum Gasteiger partial charge on any atom is -0.345 e. The van der Waals surface area contributed by atoms with Crippen LogP contribution in [-0.4, -0.2) is 29.7 Å². The lowest BCUT2D eigenvalue weighted by Gasteiger charge is -2.16. The van der Waals surface area contributed by atoms with Crippen molar-refractivity contribution in [3.8, 4) is 0 Å². The molecule has 70 valence electrons. The third-order valence-electron chi connectivity index (χ3n) is 2.52. The Balaban J connectivity index is 2.18. The molecule has 2 nitrogen and oxygen atoms in total. The van der Waals surface area contributed by atoms with Crippen LogP contribution in [0.3, 0.4) is 0 Å². The van der Waals surface area contributed by atoms with Crippen LogP contribution in [0.1, 0.15) is 19.8 Å². The van der Waals surface area contributed by atoms with E-state index >= 15 is 0 Å². The van der Waals surface area contributed by atoms with Crippen LogP contribution in [0, 0.1) is 11.8 Å². The van der Waals surface area contributed by atoms with Crippen LogP contribution in [0.4, 0.5) is 0 Å². The average Bonchev–Trinajstić information content (AvgIpc) is 2.67. The van der Waals surface area contributed by atoms with Gasteiger partial charge in [-0.05, 0) is 18.3 Å². The number of alkyl halides is 1. The lowest BCUT2D eigenvalue weighted by atomic mass is 10.3. The van der Waals surface area contributed by atoms with E-state index in [0.29, 0.717) is 6.42 Å². The molecule has 2 unspecified atom stereocenters. The number of rotatable bonds is 4. The SMILES string of the molecule is CC1CC1CN(C)C(=O)CCBr. The van der Waals surface area contributed by atoms with Crippen LogP contribution in [0.15, 0.2) is 0 Å². The van der Waals surface area contributed by atoms with Crippen molar-refractivity contribution in [2.75, 3.05) is 18.9 Å². The molecule has 0 radical (unpaired) electrons. The van der Waals surface area contributed by atoms with Crippen molar-refractivity contribution >= 4 is 21.8 Å². The van der Waals surface area contributed by atoms with Gasteiger partial charge in [0.15, 0.2) is 0 Å². The molecule has 1 aliphatic rings. The normalized spacial score (nSPS) is 26.9. The first-order valence-corrected chi connectivity index (χ1v) is 5.57. The zero-order valence-corrected chi connectivity index (χ0v) is 9.30. The molecule has 1 fully saturated rings. The molecule has 1 amide bonds. The quantitative estimate of drug-likeness (QED) is 0.680. The lowest BCUT2D eigenvalue weighted by molar-refractivity contribution is -0.129. The molecule has 2 atom stereocenters. The Kier molecular flexibility index (Phi) is 3.56. The fraction of sp³-hybridized carbons (Fsp3) is 0.889. The molecule has 0 aromatic carbocycles. The van der Waals surface area contributed by atoms with Crippen molar-refractivity contribution in [3.63, 3.8) is 0 Å². The predicted molar refractivity (Wildman–Crippen MR) is 53.3 cm³/mol. The number of nitrogens with zero attached hydrogens (tertiary/aromatic N) is 1. The number of hydrogen-bond acceptors (Lipinski definition) is 1. The fourth-order valence-electron chi connectivity index (χ4n) is 1.38. The minimum atomic E-state index is 0.256. The van der Waals surface area contributed by atoms with E-state index in [0.717, 1.165) is 23.7 Å². The largest absolute Gasteiger partial charge is 0.345 e. The monoisotopic (exact) mass is 233 g/mol. The minimum absolute atomic E-state index is 0.256. The molecular weight excluding hydrogens is 218 g/mol. The Hall–Kier alpha value is -0.0500. The van der Waals surface area contributed by atoms with E-state index in [1.165, 1.54) is 6.42 Å². The summed E-state index contributed by atoms with van der Waals surface area (Å²) in [5.74, 6) is 1.87. The van der Waals surface area contributed by atoms with Crippen LogP contribution >= 0.6 is 15.9 Å². The summed E-state index contributed by atoms with van der Waals surface area (Å²) in [6, 6.07) is 0. The molecule has 0 saturated heterocycles. The van der Waals surface area contributed by atoms with Gasteiger partial charge in [0.2, 0.25) is 5.91 Å². The number of halogens is 1. The summed E-state index contributed by atoms with van der Waals surface area (Å²) >= 11 is 3.26. The predicted octanol–water partition coefficient (Wildman–Crippen LogP) is 1.89. The van der Waals surface area contributed by atoms with Gasteiger partial charge >= 0.3 is 0 Å². The maximum atomic E-state index is 11.3. The van der Waals surface area contributed by atoms with Gasteiger partial charge in [0.25, 0.3) is 0 Å². The first kappa shape index (κ1) is 10.0. The van der Waals surface area contributed by atoms with Crippen molar-refractivity contribution in [2.24, 2.45) is 11.8 Å². The molecule has 1 rings (SSSR count). The molecule has 0 aromatic heterocycles. The Morgan fingerprint density at radius 3 is 2.67 bits per heavy atom. The zero-order valence-electron chi connectivity index (χ0n) is 7.72. The average molecular weight is 234 g/mol. The van der Waals surface area contributed by atoms with Crippen molar-refractivity contribution in [2.45, 2.75) is 19.8 Å². The van der Waals surface area contributed by atoms with Crippen LogP contribution < -0.4 is 0 Å². The fourth-order valence-corrected chi connectivity index (χ4v) is 1.72. The Labute approximate surface area is 82.4 Å². The van der Waals surface area contributed by atoms with E-state index in [4.69, 9.17) is 0 Å². The number of carbonyl (C=O) groups is 1. The van der Waals surface area contributed by atoms with E-state index in [1.807, 2.05) is 11.9 Å². The highest BCUT2D eigenvalue weighted by atomic mass is 79.9. The van der Waals surface area contributed by atoms with Gasteiger partial charge < -0.3 is 4.90 Å². The summed E-state index contributed by atoms with van der Waals surface area (Å²) in [7, 11) is 1.90. The maximum absolute atomic E-state index is 11.3. The highest BCUT2D eigenvalue weighted by Crippen LogP contribution is 2.37. The first-order valence-electron chi connectivity index (χ1n) is 4.45.